The van der Waals surface area contributed by atoms with E-state index in [9.17, 15) is 0 Å². The van der Waals surface area contributed by atoms with Gasteiger partial charge in [-0.3, -0.25) is 0 Å². The SMILES string of the molecule is Cc1cscc1-c1nc(N)nc(C2CCCCCC2)n1. The largest absolute Gasteiger partial charge is 0.368 e. The maximum atomic E-state index is 5.90. The molecule has 0 atom stereocenters. The summed E-state index contributed by atoms with van der Waals surface area (Å²) in [6, 6.07) is 0. The lowest BCUT2D eigenvalue weighted by Gasteiger charge is -2.13. The van der Waals surface area contributed by atoms with Gasteiger partial charge in [0.15, 0.2) is 5.82 Å². The smallest absolute Gasteiger partial charge is 0.223 e. The van der Waals surface area contributed by atoms with Crippen molar-refractivity contribution in [3.63, 3.8) is 0 Å². The number of aryl methyl sites for hydroxylation is 1. The molecule has 3 rings (SSSR count). The molecule has 0 radical (unpaired) electrons. The number of aromatic nitrogens is 3. The van der Waals surface area contributed by atoms with E-state index >= 15 is 0 Å². The molecule has 0 spiro atoms. The molecule has 2 aromatic rings. The zero-order chi connectivity index (χ0) is 13.9. The summed E-state index contributed by atoms with van der Waals surface area (Å²) in [4.78, 5) is 13.4. The molecule has 1 aliphatic carbocycles. The van der Waals surface area contributed by atoms with Crippen LogP contribution in [0.5, 0.6) is 0 Å². The highest BCUT2D eigenvalue weighted by Crippen LogP contribution is 2.31. The molecule has 5 heteroatoms. The fourth-order valence-corrected chi connectivity index (χ4v) is 3.67. The van der Waals surface area contributed by atoms with Crippen molar-refractivity contribution in [3.8, 4) is 11.4 Å². The molecule has 4 nitrogen and oxygen atoms in total. The van der Waals surface area contributed by atoms with Crippen molar-refractivity contribution in [2.45, 2.75) is 51.4 Å². The standard InChI is InChI=1S/C15H20N4S/c1-10-8-20-9-12(10)14-17-13(18-15(16)19-14)11-6-4-2-3-5-7-11/h8-9,11H,2-7H2,1H3,(H2,16,17,18,19). The molecule has 106 valence electrons. The summed E-state index contributed by atoms with van der Waals surface area (Å²) < 4.78 is 0. The third kappa shape index (κ3) is 2.82. The van der Waals surface area contributed by atoms with Crippen molar-refractivity contribution in [2.75, 3.05) is 5.73 Å². The molecule has 0 amide bonds. The number of hydrogen-bond donors (Lipinski definition) is 1. The van der Waals surface area contributed by atoms with Crippen LogP contribution >= 0.6 is 11.3 Å². The summed E-state index contributed by atoms with van der Waals surface area (Å²) in [6.07, 6.45) is 7.53. The Balaban J connectivity index is 1.96. The monoisotopic (exact) mass is 288 g/mol. The Hall–Kier alpha value is -1.49. The van der Waals surface area contributed by atoms with Gasteiger partial charge in [0.2, 0.25) is 5.95 Å². The average molecular weight is 288 g/mol. The number of nitrogens with two attached hydrogens (primary N) is 1. The van der Waals surface area contributed by atoms with Gasteiger partial charge in [0.05, 0.1) is 0 Å². The summed E-state index contributed by atoms with van der Waals surface area (Å²) in [5.74, 6) is 2.41. The molecule has 0 saturated heterocycles. The first-order valence-corrected chi connectivity index (χ1v) is 8.23. The van der Waals surface area contributed by atoms with Crippen LogP contribution in [0.15, 0.2) is 10.8 Å². The van der Waals surface area contributed by atoms with Crippen LogP contribution in [-0.2, 0) is 0 Å². The van der Waals surface area contributed by atoms with Gasteiger partial charge >= 0.3 is 0 Å². The zero-order valence-corrected chi connectivity index (χ0v) is 12.6. The average Bonchev–Trinajstić information content (AvgIpc) is 2.70. The Morgan fingerprint density at radius 2 is 1.80 bits per heavy atom. The van der Waals surface area contributed by atoms with Crippen molar-refractivity contribution in [2.24, 2.45) is 0 Å². The van der Waals surface area contributed by atoms with Gasteiger partial charge in [0, 0.05) is 16.9 Å². The highest BCUT2D eigenvalue weighted by Gasteiger charge is 2.19. The molecule has 0 bridgehead atoms. The molecule has 2 N–H and O–H groups in total. The van der Waals surface area contributed by atoms with E-state index in [1.54, 1.807) is 11.3 Å². The predicted molar refractivity (Wildman–Crippen MR) is 82.7 cm³/mol. The normalized spacial score (nSPS) is 17.1. The van der Waals surface area contributed by atoms with Crippen molar-refractivity contribution in [3.05, 3.63) is 22.1 Å². The quantitative estimate of drug-likeness (QED) is 0.850. The highest BCUT2D eigenvalue weighted by atomic mass is 32.1. The zero-order valence-electron chi connectivity index (χ0n) is 11.8. The van der Waals surface area contributed by atoms with Gasteiger partial charge < -0.3 is 5.73 Å². The van der Waals surface area contributed by atoms with Crippen LogP contribution in [0, 0.1) is 6.92 Å². The van der Waals surface area contributed by atoms with Crippen LogP contribution in [-0.4, -0.2) is 15.0 Å². The van der Waals surface area contributed by atoms with Gasteiger partial charge in [-0.1, -0.05) is 25.7 Å². The van der Waals surface area contributed by atoms with Crippen molar-refractivity contribution < 1.29 is 0 Å². The Labute approximate surface area is 123 Å². The van der Waals surface area contributed by atoms with Crippen LogP contribution in [0.3, 0.4) is 0 Å². The fraction of sp³-hybridized carbons (Fsp3) is 0.533. The molecule has 0 aromatic carbocycles. The molecule has 1 fully saturated rings. The molecule has 2 heterocycles. The number of nitrogens with zero attached hydrogens (tertiary/aromatic N) is 3. The second-order valence-electron chi connectivity index (χ2n) is 5.53. The van der Waals surface area contributed by atoms with E-state index in [0.29, 0.717) is 11.9 Å². The van der Waals surface area contributed by atoms with Gasteiger partial charge in [-0.25, -0.2) is 4.98 Å². The number of nitrogen functional groups attached to an aromatic ring is 1. The Bertz CT molecular complexity index is 585. The predicted octanol–water partition coefficient (Wildman–Crippen LogP) is 3.93. The summed E-state index contributed by atoms with van der Waals surface area (Å²) in [6.45, 7) is 2.08. The van der Waals surface area contributed by atoms with E-state index in [-0.39, 0.29) is 0 Å². The first kappa shape index (κ1) is 13.5. The van der Waals surface area contributed by atoms with Crippen LogP contribution < -0.4 is 5.73 Å². The number of hydrogen-bond acceptors (Lipinski definition) is 5. The van der Waals surface area contributed by atoms with E-state index in [4.69, 9.17) is 10.7 Å². The van der Waals surface area contributed by atoms with E-state index in [2.05, 4.69) is 27.7 Å². The first-order valence-electron chi connectivity index (χ1n) is 7.28. The molecule has 20 heavy (non-hydrogen) atoms. The van der Waals surface area contributed by atoms with Crippen molar-refractivity contribution in [1.29, 1.82) is 0 Å². The lowest BCUT2D eigenvalue weighted by atomic mass is 9.99. The molecule has 1 saturated carbocycles. The van der Waals surface area contributed by atoms with Crippen molar-refractivity contribution in [1.82, 2.24) is 15.0 Å². The maximum absolute atomic E-state index is 5.90. The Morgan fingerprint density at radius 1 is 1.05 bits per heavy atom. The molecule has 0 aliphatic heterocycles. The van der Waals surface area contributed by atoms with E-state index < -0.39 is 0 Å². The lowest BCUT2D eigenvalue weighted by molar-refractivity contribution is 0.559. The molecule has 0 unspecified atom stereocenters. The second-order valence-corrected chi connectivity index (χ2v) is 6.28. The lowest BCUT2D eigenvalue weighted by Crippen LogP contribution is -2.09. The third-order valence-electron chi connectivity index (χ3n) is 3.99. The second kappa shape index (κ2) is 5.87. The van der Waals surface area contributed by atoms with Gasteiger partial charge in [-0.15, -0.1) is 0 Å². The molecule has 1 aliphatic rings. The molecule has 2 aromatic heterocycles. The number of thiophene rings is 1. The van der Waals surface area contributed by atoms with E-state index in [1.807, 2.05) is 0 Å². The van der Waals surface area contributed by atoms with Gasteiger partial charge in [-0.2, -0.15) is 21.3 Å². The topological polar surface area (TPSA) is 64.7 Å². The van der Waals surface area contributed by atoms with E-state index in [0.717, 1.165) is 17.2 Å². The Morgan fingerprint density at radius 3 is 2.45 bits per heavy atom. The maximum Gasteiger partial charge on any atom is 0.223 e. The minimum Gasteiger partial charge on any atom is -0.368 e. The van der Waals surface area contributed by atoms with Gasteiger partial charge in [0.25, 0.3) is 0 Å². The van der Waals surface area contributed by atoms with E-state index in [1.165, 1.54) is 44.1 Å². The summed E-state index contributed by atoms with van der Waals surface area (Å²) in [5.41, 5.74) is 8.19. The number of rotatable bonds is 2. The fourth-order valence-electron chi connectivity index (χ4n) is 2.84. The molecular formula is C15H20N4S. The third-order valence-corrected chi connectivity index (χ3v) is 4.85. The van der Waals surface area contributed by atoms with Crippen molar-refractivity contribution >= 4 is 17.3 Å². The highest BCUT2D eigenvalue weighted by molar-refractivity contribution is 7.08. The Kier molecular flexibility index (Phi) is 3.96. The van der Waals surface area contributed by atoms with Crippen LogP contribution in [0.2, 0.25) is 0 Å². The summed E-state index contributed by atoms with van der Waals surface area (Å²) in [5, 5.41) is 4.20. The van der Waals surface area contributed by atoms with Gasteiger partial charge in [0.1, 0.15) is 5.82 Å². The summed E-state index contributed by atoms with van der Waals surface area (Å²) in [7, 11) is 0. The summed E-state index contributed by atoms with van der Waals surface area (Å²) >= 11 is 1.67. The minimum absolute atomic E-state index is 0.347. The number of anilines is 1. The minimum atomic E-state index is 0.347. The van der Waals surface area contributed by atoms with Gasteiger partial charge in [-0.05, 0) is 30.7 Å². The van der Waals surface area contributed by atoms with Crippen LogP contribution in [0.25, 0.3) is 11.4 Å². The van der Waals surface area contributed by atoms with Crippen LogP contribution in [0.1, 0.15) is 55.8 Å². The first-order chi connectivity index (χ1) is 9.74. The molecular weight excluding hydrogens is 268 g/mol. The van der Waals surface area contributed by atoms with Crippen LogP contribution in [0.4, 0.5) is 5.95 Å².